The Bertz CT molecular complexity index is 366. The quantitative estimate of drug-likeness (QED) is 0.537. The lowest BCUT2D eigenvalue weighted by atomic mass is 9.71. The minimum absolute atomic E-state index is 0.0669. The van der Waals surface area contributed by atoms with Crippen molar-refractivity contribution in [3.05, 3.63) is 35.5 Å². The highest BCUT2D eigenvalue weighted by Crippen LogP contribution is 2.41. The lowest BCUT2D eigenvalue weighted by Gasteiger charge is -2.33. The number of hydrogen-bond acceptors (Lipinski definition) is 2. The molecule has 2 atom stereocenters. The van der Waals surface area contributed by atoms with Crippen LogP contribution in [0, 0.1) is 11.8 Å². The third kappa shape index (κ3) is 1.35. The highest BCUT2D eigenvalue weighted by atomic mass is 35.5. The van der Waals surface area contributed by atoms with E-state index in [2.05, 4.69) is 0 Å². The molecule has 0 saturated heterocycles. The van der Waals surface area contributed by atoms with Crippen LogP contribution in [0.2, 0.25) is 0 Å². The van der Waals surface area contributed by atoms with Crippen molar-refractivity contribution >= 4 is 33.7 Å². The third-order valence-corrected chi connectivity index (χ3v) is 2.96. The van der Waals surface area contributed by atoms with E-state index in [1.165, 1.54) is 0 Å². The summed E-state index contributed by atoms with van der Waals surface area (Å²) in [6.07, 6.45) is 6.83. The van der Waals surface area contributed by atoms with E-state index in [9.17, 15) is 9.59 Å². The van der Waals surface area contributed by atoms with Crippen LogP contribution in [-0.4, -0.2) is 10.5 Å². The first-order chi connectivity index (χ1) is 6.61. The molecule has 2 nitrogen and oxygen atoms in total. The number of allylic oxidation sites excluding steroid dienone is 6. The SMILES string of the molecule is O=C(Cl)C1=CC=C(C(=O)Cl)C2C=CC12. The molecule has 2 aliphatic rings. The second kappa shape index (κ2) is 3.37. The zero-order valence-electron chi connectivity index (χ0n) is 7.04. The summed E-state index contributed by atoms with van der Waals surface area (Å²) in [7, 11) is 0. The Morgan fingerprint density at radius 1 is 0.929 bits per heavy atom. The van der Waals surface area contributed by atoms with E-state index < -0.39 is 10.5 Å². The van der Waals surface area contributed by atoms with Gasteiger partial charge in [-0.25, -0.2) is 0 Å². The van der Waals surface area contributed by atoms with E-state index in [1.54, 1.807) is 12.2 Å². The van der Waals surface area contributed by atoms with Crippen molar-refractivity contribution in [3.8, 4) is 0 Å². The van der Waals surface area contributed by atoms with Crippen molar-refractivity contribution in [1.82, 2.24) is 0 Å². The molecule has 0 aromatic rings. The molecule has 0 aromatic carbocycles. The van der Waals surface area contributed by atoms with Crippen LogP contribution in [0.15, 0.2) is 35.5 Å². The molecule has 0 aromatic heterocycles. The molecule has 0 radical (unpaired) electrons. The molecular formula is C10H6Cl2O2. The average Bonchev–Trinajstić information content (AvgIpc) is 2.04. The van der Waals surface area contributed by atoms with Crippen LogP contribution in [0.5, 0.6) is 0 Å². The third-order valence-electron chi connectivity index (χ3n) is 2.53. The molecule has 0 bridgehead atoms. The molecule has 72 valence electrons. The molecule has 0 amide bonds. The summed E-state index contributed by atoms with van der Waals surface area (Å²) in [6.45, 7) is 0. The minimum atomic E-state index is -0.471. The van der Waals surface area contributed by atoms with Crippen molar-refractivity contribution in [3.63, 3.8) is 0 Å². The van der Waals surface area contributed by atoms with E-state index in [1.807, 2.05) is 12.2 Å². The van der Waals surface area contributed by atoms with Gasteiger partial charge in [0, 0.05) is 23.0 Å². The Morgan fingerprint density at radius 3 is 1.50 bits per heavy atom. The molecule has 0 N–H and O–H groups in total. The van der Waals surface area contributed by atoms with Crippen LogP contribution in [0.25, 0.3) is 0 Å². The smallest absolute Gasteiger partial charge is 0.248 e. The molecule has 0 saturated carbocycles. The van der Waals surface area contributed by atoms with E-state index in [4.69, 9.17) is 23.2 Å². The van der Waals surface area contributed by atoms with Gasteiger partial charge in [0.2, 0.25) is 10.5 Å². The van der Waals surface area contributed by atoms with Gasteiger partial charge in [-0.3, -0.25) is 9.59 Å². The lowest BCUT2D eigenvalue weighted by molar-refractivity contribution is -0.110. The number of carbonyl (C=O) groups is 2. The summed E-state index contributed by atoms with van der Waals surface area (Å²) in [4.78, 5) is 22.0. The zero-order chi connectivity index (χ0) is 10.3. The fourth-order valence-corrected chi connectivity index (χ4v) is 2.10. The fraction of sp³-hybridized carbons (Fsp3) is 0.200. The van der Waals surface area contributed by atoms with Gasteiger partial charge >= 0.3 is 0 Å². The van der Waals surface area contributed by atoms with Gasteiger partial charge in [-0.2, -0.15) is 0 Å². The molecule has 2 unspecified atom stereocenters. The molecule has 14 heavy (non-hydrogen) atoms. The van der Waals surface area contributed by atoms with Crippen molar-refractivity contribution < 1.29 is 9.59 Å². The van der Waals surface area contributed by atoms with Crippen LogP contribution >= 0.6 is 23.2 Å². The topological polar surface area (TPSA) is 34.1 Å². The summed E-state index contributed by atoms with van der Waals surface area (Å²) in [5.74, 6) is -0.134. The summed E-state index contributed by atoms with van der Waals surface area (Å²) in [5.41, 5.74) is 1.06. The van der Waals surface area contributed by atoms with E-state index in [0.717, 1.165) is 0 Å². The largest absolute Gasteiger partial charge is 0.276 e. The van der Waals surface area contributed by atoms with Gasteiger partial charge in [0.1, 0.15) is 0 Å². The lowest BCUT2D eigenvalue weighted by Crippen LogP contribution is -2.29. The maximum atomic E-state index is 11.0. The zero-order valence-corrected chi connectivity index (χ0v) is 8.55. The number of carbonyl (C=O) groups excluding carboxylic acids is 2. The van der Waals surface area contributed by atoms with Crippen LogP contribution in [0.1, 0.15) is 0 Å². The summed E-state index contributed by atoms with van der Waals surface area (Å²) in [5, 5.41) is -0.941. The van der Waals surface area contributed by atoms with Gasteiger partial charge in [0.15, 0.2) is 0 Å². The van der Waals surface area contributed by atoms with E-state index in [-0.39, 0.29) is 11.8 Å². The summed E-state index contributed by atoms with van der Waals surface area (Å²) in [6, 6.07) is 0. The van der Waals surface area contributed by atoms with Crippen molar-refractivity contribution in [2.45, 2.75) is 0 Å². The Kier molecular flexibility index (Phi) is 2.33. The Labute approximate surface area is 90.9 Å². The first-order valence-electron chi connectivity index (χ1n) is 4.11. The van der Waals surface area contributed by atoms with Gasteiger partial charge in [0.25, 0.3) is 0 Å². The Hall–Kier alpha value is -0.860. The van der Waals surface area contributed by atoms with Gasteiger partial charge in [0.05, 0.1) is 0 Å². The maximum absolute atomic E-state index is 11.0. The van der Waals surface area contributed by atoms with Crippen LogP contribution in [-0.2, 0) is 9.59 Å². The molecule has 0 spiro atoms. The minimum Gasteiger partial charge on any atom is -0.276 e. The number of fused-ring (bicyclic) bond motifs is 1. The normalized spacial score (nSPS) is 28.4. The second-order valence-corrected chi connectivity index (χ2v) is 3.91. The first kappa shape index (κ1) is 9.69. The molecule has 2 rings (SSSR count). The second-order valence-electron chi connectivity index (χ2n) is 3.23. The Morgan fingerprint density at radius 2 is 1.29 bits per heavy atom. The molecule has 4 heteroatoms. The van der Waals surface area contributed by atoms with Gasteiger partial charge < -0.3 is 0 Å². The number of rotatable bonds is 2. The molecule has 0 fully saturated rings. The van der Waals surface area contributed by atoms with Crippen LogP contribution in [0.3, 0.4) is 0 Å². The highest BCUT2D eigenvalue weighted by molar-refractivity contribution is 6.68. The predicted molar refractivity (Wildman–Crippen MR) is 54.0 cm³/mol. The monoisotopic (exact) mass is 228 g/mol. The summed E-state index contributed by atoms with van der Waals surface area (Å²) < 4.78 is 0. The number of halogens is 2. The highest BCUT2D eigenvalue weighted by Gasteiger charge is 2.36. The van der Waals surface area contributed by atoms with E-state index in [0.29, 0.717) is 11.1 Å². The van der Waals surface area contributed by atoms with Crippen LogP contribution < -0.4 is 0 Å². The van der Waals surface area contributed by atoms with Gasteiger partial charge in [-0.05, 0) is 23.2 Å². The van der Waals surface area contributed by atoms with Crippen molar-refractivity contribution in [2.24, 2.45) is 11.8 Å². The average molecular weight is 229 g/mol. The Balaban J connectivity index is 2.39. The fourth-order valence-electron chi connectivity index (χ4n) is 1.72. The van der Waals surface area contributed by atoms with Gasteiger partial charge in [-0.1, -0.05) is 24.3 Å². The van der Waals surface area contributed by atoms with Crippen molar-refractivity contribution in [1.29, 1.82) is 0 Å². The van der Waals surface area contributed by atoms with Crippen molar-refractivity contribution in [2.75, 3.05) is 0 Å². The predicted octanol–water partition coefficient (Wildman–Crippen LogP) is 2.19. The van der Waals surface area contributed by atoms with Crippen LogP contribution in [0.4, 0.5) is 0 Å². The maximum Gasteiger partial charge on any atom is 0.248 e. The number of hydrogen-bond donors (Lipinski definition) is 0. The molecule has 2 aliphatic carbocycles. The summed E-state index contributed by atoms with van der Waals surface area (Å²) >= 11 is 10.8. The molecule has 0 aliphatic heterocycles. The molecular weight excluding hydrogens is 223 g/mol. The van der Waals surface area contributed by atoms with E-state index >= 15 is 0 Å². The molecule has 0 heterocycles. The first-order valence-corrected chi connectivity index (χ1v) is 4.86. The van der Waals surface area contributed by atoms with Gasteiger partial charge in [-0.15, -0.1) is 0 Å². The standard InChI is InChI=1S/C10H6Cl2O2/c11-9(13)7-3-4-8(10(12)14)6-2-1-5(6)7/h1-6H.